The Kier molecular flexibility index (Phi) is 6.92. The normalized spacial score (nSPS) is 11.4. The smallest absolute Gasteiger partial charge is 0.272 e. The number of aldehydes is 1. The molecule has 0 bridgehead atoms. The highest BCUT2D eigenvalue weighted by molar-refractivity contribution is 6.02. The van der Waals surface area contributed by atoms with Crippen LogP contribution in [-0.4, -0.2) is 34.1 Å². The van der Waals surface area contributed by atoms with E-state index < -0.39 is 22.8 Å². The van der Waals surface area contributed by atoms with Gasteiger partial charge in [0, 0.05) is 29.7 Å². The summed E-state index contributed by atoms with van der Waals surface area (Å²) in [5.41, 5.74) is 3.61. The summed E-state index contributed by atoms with van der Waals surface area (Å²) in [5.74, 6) is -1.23. The zero-order valence-corrected chi connectivity index (χ0v) is 18.5. The van der Waals surface area contributed by atoms with Gasteiger partial charge in [-0.3, -0.25) is 25.1 Å². The molecule has 0 spiro atoms. The van der Waals surface area contributed by atoms with E-state index in [0.717, 1.165) is 21.3 Å². The van der Waals surface area contributed by atoms with E-state index in [1.807, 2.05) is 54.6 Å². The van der Waals surface area contributed by atoms with Crippen LogP contribution in [0.4, 0.5) is 5.69 Å². The van der Waals surface area contributed by atoms with Crippen LogP contribution >= 0.6 is 0 Å². The second-order valence-electron chi connectivity index (χ2n) is 7.88. The molecule has 0 aliphatic heterocycles. The number of nitrogens with one attached hydrogen (secondary N) is 1. The van der Waals surface area contributed by atoms with Crippen molar-refractivity contribution < 1.29 is 19.3 Å². The first-order chi connectivity index (χ1) is 17.0. The van der Waals surface area contributed by atoms with Gasteiger partial charge in [0.15, 0.2) is 0 Å². The van der Waals surface area contributed by atoms with Crippen LogP contribution in [0, 0.1) is 10.1 Å². The summed E-state index contributed by atoms with van der Waals surface area (Å²) < 4.78 is 0. The molecule has 4 rings (SSSR count). The van der Waals surface area contributed by atoms with Crippen molar-refractivity contribution in [1.29, 1.82) is 0 Å². The Morgan fingerprint density at radius 1 is 0.857 bits per heavy atom. The van der Waals surface area contributed by atoms with E-state index in [2.05, 4.69) is 5.43 Å². The van der Waals surface area contributed by atoms with Crippen LogP contribution in [0.15, 0.2) is 97.1 Å². The van der Waals surface area contributed by atoms with Crippen molar-refractivity contribution in [2.24, 2.45) is 0 Å². The zero-order valence-electron chi connectivity index (χ0n) is 18.5. The maximum absolute atomic E-state index is 13.4. The van der Waals surface area contributed by atoms with Crippen molar-refractivity contribution in [3.05, 3.63) is 124 Å². The fourth-order valence-corrected chi connectivity index (χ4v) is 3.71. The van der Waals surface area contributed by atoms with Crippen LogP contribution < -0.4 is 5.43 Å². The molecule has 1 atom stereocenters. The maximum atomic E-state index is 13.4. The summed E-state index contributed by atoms with van der Waals surface area (Å²) in [4.78, 5) is 49.0. The topological polar surface area (TPSA) is 110 Å². The van der Waals surface area contributed by atoms with Crippen molar-refractivity contribution in [3.63, 3.8) is 0 Å². The number of amides is 2. The summed E-state index contributed by atoms with van der Waals surface area (Å²) >= 11 is 0. The summed E-state index contributed by atoms with van der Waals surface area (Å²) in [6, 6.07) is 25.7. The first-order valence-electron chi connectivity index (χ1n) is 10.8. The van der Waals surface area contributed by atoms with E-state index in [0.29, 0.717) is 11.8 Å². The largest absolute Gasteiger partial charge is 0.301 e. The molecule has 0 aliphatic carbocycles. The number of carbonyl (C=O) groups excluding carboxylic acids is 3. The Morgan fingerprint density at radius 2 is 1.49 bits per heavy atom. The number of hydrogen-bond donors (Lipinski definition) is 1. The molecular weight excluding hydrogens is 446 g/mol. The minimum atomic E-state index is -1.01. The van der Waals surface area contributed by atoms with E-state index in [9.17, 15) is 24.5 Å². The molecule has 0 aliphatic rings. The highest BCUT2D eigenvalue weighted by Crippen LogP contribution is 2.18. The van der Waals surface area contributed by atoms with Crippen LogP contribution in [0.5, 0.6) is 0 Å². The van der Waals surface area contributed by atoms with Crippen LogP contribution in [-0.2, 0) is 11.2 Å². The predicted octanol–water partition coefficient (Wildman–Crippen LogP) is 4.35. The molecule has 0 heterocycles. The van der Waals surface area contributed by atoms with Gasteiger partial charge in [0.2, 0.25) is 0 Å². The van der Waals surface area contributed by atoms with Gasteiger partial charge in [0.25, 0.3) is 17.5 Å². The number of fused-ring (bicyclic) bond motifs is 1. The highest BCUT2D eigenvalue weighted by atomic mass is 16.6. The Morgan fingerprint density at radius 3 is 2.14 bits per heavy atom. The number of hydrogen-bond acceptors (Lipinski definition) is 5. The van der Waals surface area contributed by atoms with Crippen molar-refractivity contribution in [2.45, 2.75) is 12.5 Å². The van der Waals surface area contributed by atoms with E-state index in [-0.39, 0.29) is 17.7 Å². The van der Waals surface area contributed by atoms with Crippen LogP contribution in [0.25, 0.3) is 10.8 Å². The predicted molar refractivity (Wildman–Crippen MR) is 131 cm³/mol. The average molecular weight is 467 g/mol. The van der Waals surface area contributed by atoms with Gasteiger partial charge in [-0.1, -0.05) is 60.7 Å². The van der Waals surface area contributed by atoms with Gasteiger partial charge in [-0.15, -0.1) is 0 Å². The molecule has 35 heavy (non-hydrogen) atoms. The molecule has 1 N–H and O–H groups in total. The Hall–Kier alpha value is -4.85. The molecule has 0 fully saturated rings. The summed E-state index contributed by atoms with van der Waals surface area (Å²) in [6.07, 6.45) is 0.762. The molecule has 0 saturated carbocycles. The number of nitro groups is 1. The molecule has 0 aromatic heterocycles. The number of nitrogens with zero attached hydrogens (tertiary/aromatic N) is 2. The fourth-order valence-electron chi connectivity index (χ4n) is 3.71. The number of non-ortho nitro benzene ring substituents is 1. The summed E-state index contributed by atoms with van der Waals surface area (Å²) in [6.45, 7) is 0. The van der Waals surface area contributed by atoms with E-state index in [1.54, 1.807) is 18.2 Å². The first kappa shape index (κ1) is 23.3. The third-order valence-corrected chi connectivity index (χ3v) is 5.55. The Bertz CT molecular complexity index is 1390. The third kappa shape index (κ3) is 5.39. The maximum Gasteiger partial charge on any atom is 0.272 e. The molecule has 4 aromatic rings. The minimum absolute atomic E-state index is 0.0920. The summed E-state index contributed by atoms with van der Waals surface area (Å²) in [7, 11) is 0. The van der Waals surface area contributed by atoms with Crippen LogP contribution in [0.1, 0.15) is 26.3 Å². The third-order valence-electron chi connectivity index (χ3n) is 5.55. The molecule has 0 radical (unpaired) electrons. The summed E-state index contributed by atoms with van der Waals surface area (Å²) in [5, 5.41) is 13.8. The Balaban J connectivity index is 1.66. The molecular formula is C27H21N3O5. The second-order valence-corrected chi connectivity index (χ2v) is 7.88. The molecule has 8 heteroatoms. The van der Waals surface area contributed by atoms with Gasteiger partial charge in [-0.05, 0) is 40.6 Å². The number of benzene rings is 4. The van der Waals surface area contributed by atoms with Crippen molar-refractivity contribution in [1.82, 2.24) is 10.4 Å². The van der Waals surface area contributed by atoms with Crippen LogP contribution in [0.2, 0.25) is 0 Å². The second kappa shape index (κ2) is 10.4. The van der Waals surface area contributed by atoms with Gasteiger partial charge in [0.1, 0.15) is 12.3 Å². The standard InChI is InChI=1S/C27H21N3O5/c31-18-25(16-19-6-2-1-3-7-19)29(27(33)21-12-14-24(15-13-21)30(34)35)28-26(32)23-11-10-20-8-4-5-9-22(20)17-23/h1-15,17-18,25H,16H2,(H,28,32)/t25-/m0/s1. The fraction of sp³-hybridized carbons (Fsp3) is 0.0741. The SMILES string of the molecule is O=C[C@H](Cc1ccccc1)N(NC(=O)c1ccc2ccccc2c1)C(=O)c1ccc([N+](=O)[O-])cc1. The Labute approximate surface area is 200 Å². The van der Waals surface area contributed by atoms with E-state index >= 15 is 0 Å². The number of carbonyl (C=O) groups is 3. The lowest BCUT2D eigenvalue weighted by molar-refractivity contribution is -0.384. The van der Waals surface area contributed by atoms with Gasteiger partial charge in [-0.2, -0.15) is 0 Å². The quantitative estimate of drug-likeness (QED) is 0.247. The zero-order chi connectivity index (χ0) is 24.8. The van der Waals surface area contributed by atoms with Gasteiger partial charge < -0.3 is 4.79 Å². The van der Waals surface area contributed by atoms with Crippen molar-refractivity contribution in [3.8, 4) is 0 Å². The highest BCUT2D eigenvalue weighted by Gasteiger charge is 2.28. The van der Waals surface area contributed by atoms with Crippen molar-refractivity contribution >= 4 is 34.6 Å². The van der Waals surface area contributed by atoms with Gasteiger partial charge in [0.05, 0.1) is 4.92 Å². The first-order valence-corrected chi connectivity index (χ1v) is 10.8. The lowest BCUT2D eigenvalue weighted by Gasteiger charge is -2.29. The molecule has 0 unspecified atom stereocenters. The number of hydrazine groups is 1. The van der Waals surface area contributed by atoms with E-state index in [1.165, 1.54) is 24.3 Å². The monoisotopic (exact) mass is 467 g/mol. The molecule has 4 aromatic carbocycles. The van der Waals surface area contributed by atoms with E-state index in [4.69, 9.17) is 0 Å². The average Bonchev–Trinajstić information content (AvgIpc) is 2.90. The molecule has 2 amide bonds. The minimum Gasteiger partial charge on any atom is -0.301 e. The molecule has 8 nitrogen and oxygen atoms in total. The van der Waals surface area contributed by atoms with Gasteiger partial charge in [-0.25, -0.2) is 5.01 Å². The molecule has 0 saturated heterocycles. The van der Waals surface area contributed by atoms with Crippen LogP contribution in [0.3, 0.4) is 0 Å². The number of nitro benzene ring substituents is 1. The van der Waals surface area contributed by atoms with Crippen molar-refractivity contribution in [2.75, 3.05) is 0 Å². The lowest BCUT2D eigenvalue weighted by atomic mass is 10.1. The molecule has 174 valence electrons. The number of rotatable bonds is 7. The van der Waals surface area contributed by atoms with Gasteiger partial charge >= 0.3 is 0 Å². The lowest BCUT2D eigenvalue weighted by Crippen LogP contribution is -2.53.